The van der Waals surface area contributed by atoms with E-state index in [0.29, 0.717) is 15.6 Å². The molecule has 0 aliphatic carbocycles. The summed E-state index contributed by atoms with van der Waals surface area (Å²) < 4.78 is 4.60. The highest BCUT2D eigenvalue weighted by molar-refractivity contribution is 6.42. The van der Waals surface area contributed by atoms with Crippen molar-refractivity contribution < 1.29 is 9.53 Å². The van der Waals surface area contributed by atoms with Gasteiger partial charge in [-0.15, -0.1) is 12.4 Å². The third kappa shape index (κ3) is 3.01. The fourth-order valence-corrected chi connectivity index (χ4v) is 1.45. The van der Waals surface area contributed by atoms with Crippen LogP contribution in [0.15, 0.2) is 18.2 Å². The number of ether oxygens (including phenoxy) is 1. The highest BCUT2D eigenvalue weighted by Gasteiger charge is 2.31. The van der Waals surface area contributed by atoms with Crippen LogP contribution in [-0.2, 0) is 15.1 Å². The van der Waals surface area contributed by atoms with Crippen LogP contribution in [-0.4, -0.2) is 13.1 Å². The number of hydrogen-bond donors (Lipinski definition) is 1. The summed E-state index contributed by atoms with van der Waals surface area (Å²) >= 11 is 11.6. The van der Waals surface area contributed by atoms with Gasteiger partial charge in [0.05, 0.1) is 17.2 Å². The van der Waals surface area contributed by atoms with Crippen LogP contribution in [0.25, 0.3) is 0 Å². The van der Waals surface area contributed by atoms with Crippen LogP contribution in [0.4, 0.5) is 0 Å². The largest absolute Gasteiger partial charge is 0.467 e. The molecule has 1 rings (SSSR count). The van der Waals surface area contributed by atoms with Crippen LogP contribution >= 0.6 is 35.6 Å². The molecule has 0 amide bonds. The summed E-state index contributed by atoms with van der Waals surface area (Å²) in [6.45, 7) is 1.55. The van der Waals surface area contributed by atoms with E-state index in [1.54, 1.807) is 25.1 Å². The van der Waals surface area contributed by atoms with Gasteiger partial charge in [-0.3, -0.25) is 0 Å². The lowest BCUT2D eigenvalue weighted by atomic mass is 9.93. The zero-order chi connectivity index (χ0) is 11.6. The summed E-state index contributed by atoms with van der Waals surface area (Å²) in [6.07, 6.45) is 0. The molecule has 0 aliphatic heterocycles. The summed E-state index contributed by atoms with van der Waals surface area (Å²) in [6, 6.07) is 4.79. The Hall–Kier alpha value is -0.480. The van der Waals surface area contributed by atoms with Gasteiger partial charge >= 0.3 is 5.97 Å². The van der Waals surface area contributed by atoms with Gasteiger partial charge in [0.15, 0.2) is 0 Å². The highest BCUT2D eigenvalue weighted by atomic mass is 35.5. The molecule has 3 nitrogen and oxygen atoms in total. The maximum Gasteiger partial charge on any atom is 0.330 e. The molecule has 1 aromatic carbocycles. The number of carbonyl (C=O) groups excluding carboxylic acids is 1. The van der Waals surface area contributed by atoms with E-state index in [1.165, 1.54) is 7.11 Å². The lowest BCUT2D eigenvalue weighted by Gasteiger charge is -2.22. The number of carbonyl (C=O) groups is 1. The van der Waals surface area contributed by atoms with E-state index in [1.807, 2.05) is 0 Å². The molecule has 16 heavy (non-hydrogen) atoms. The molecular formula is C10H12Cl3NO2. The summed E-state index contributed by atoms with van der Waals surface area (Å²) in [7, 11) is 1.28. The number of benzene rings is 1. The average Bonchev–Trinajstić information content (AvgIpc) is 2.20. The molecule has 0 bridgehead atoms. The molecule has 0 saturated heterocycles. The molecule has 90 valence electrons. The average molecular weight is 285 g/mol. The smallest absolute Gasteiger partial charge is 0.330 e. The molecule has 1 unspecified atom stereocenters. The van der Waals surface area contributed by atoms with Crippen LogP contribution < -0.4 is 5.73 Å². The molecule has 0 radical (unpaired) electrons. The van der Waals surface area contributed by atoms with Crippen molar-refractivity contribution in [2.24, 2.45) is 5.73 Å². The van der Waals surface area contributed by atoms with Crippen LogP contribution in [0, 0.1) is 0 Å². The number of methoxy groups -OCH3 is 1. The molecule has 1 aromatic rings. The van der Waals surface area contributed by atoms with Gasteiger partial charge in [0, 0.05) is 0 Å². The van der Waals surface area contributed by atoms with Gasteiger partial charge in [-0.1, -0.05) is 29.3 Å². The Balaban J connectivity index is 0.00000225. The van der Waals surface area contributed by atoms with Crippen molar-refractivity contribution in [1.82, 2.24) is 0 Å². The monoisotopic (exact) mass is 283 g/mol. The second kappa shape index (κ2) is 5.73. The van der Waals surface area contributed by atoms with Gasteiger partial charge in [0.1, 0.15) is 5.54 Å². The van der Waals surface area contributed by atoms with Gasteiger partial charge in [-0.25, -0.2) is 4.79 Å². The van der Waals surface area contributed by atoms with Crippen LogP contribution in [0.3, 0.4) is 0 Å². The van der Waals surface area contributed by atoms with Gasteiger partial charge in [-0.05, 0) is 24.6 Å². The standard InChI is InChI=1S/C10H11Cl2NO2.ClH/c1-10(13,9(14)15-2)6-3-4-7(11)8(12)5-6;/h3-5H,13H2,1-2H3;1H. The van der Waals surface area contributed by atoms with E-state index in [9.17, 15) is 4.79 Å². The Bertz CT molecular complexity index is 394. The summed E-state index contributed by atoms with van der Waals surface area (Å²) in [5.74, 6) is -0.527. The number of esters is 1. The summed E-state index contributed by atoms with van der Waals surface area (Å²) in [5.41, 5.74) is 5.17. The van der Waals surface area contributed by atoms with Crippen molar-refractivity contribution >= 4 is 41.6 Å². The highest BCUT2D eigenvalue weighted by Crippen LogP contribution is 2.27. The molecule has 0 heterocycles. The zero-order valence-electron chi connectivity index (χ0n) is 8.79. The SMILES string of the molecule is COC(=O)C(C)(N)c1ccc(Cl)c(Cl)c1.Cl. The minimum Gasteiger partial charge on any atom is -0.467 e. The van der Waals surface area contributed by atoms with E-state index in [4.69, 9.17) is 28.9 Å². The fourth-order valence-electron chi connectivity index (χ4n) is 1.15. The van der Waals surface area contributed by atoms with Crippen molar-refractivity contribution in [3.8, 4) is 0 Å². The van der Waals surface area contributed by atoms with Gasteiger partial charge in [-0.2, -0.15) is 0 Å². The predicted octanol–water partition coefficient (Wildman–Crippen LogP) is 2.76. The van der Waals surface area contributed by atoms with Crippen LogP contribution in [0.2, 0.25) is 10.0 Å². The zero-order valence-corrected chi connectivity index (χ0v) is 11.1. The summed E-state index contributed by atoms with van der Waals surface area (Å²) in [4.78, 5) is 11.4. The van der Waals surface area contributed by atoms with Crippen molar-refractivity contribution in [3.63, 3.8) is 0 Å². The Labute approximate surface area is 110 Å². The minimum absolute atomic E-state index is 0. The molecule has 1 atom stereocenters. The number of hydrogen-bond acceptors (Lipinski definition) is 3. The van der Waals surface area contributed by atoms with E-state index >= 15 is 0 Å². The Morgan fingerprint density at radius 3 is 2.38 bits per heavy atom. The van der Waals surface area contributed by atoms with E-state index in [2.05, 4.69) is 4.74 Å². The lowest BCUT2D eigenvalue weighted by Crippen LogP contribution is -2.42. The first-order valence-corrected chi connectivity index (χ1v) is 4.98. The molecule has 0 fully saturated rings. The number of rotatable bonds is 2. The maximum absolute atomic E-state index is 11.4. The van der Waals surface area contributed by atoms with Crippen molar-refractivity contribution in [3.05, 3.63) is 33.8 Å². The second-order valence-corrected chi connectivity index (χ2v) is 4.14. The summed E-state index contributed by atoms with van der Waals surface area (Å²) in [5, 5.41) is 0.774. The van der Waals surface area contributed by atoms with Crippen molar-refractivity contribution in [1.29, 1.82) is 0 Å². The predicted molar refractivity (Wildman–Crippen MR) is 67.3 cm³/mol. The van der Waals surface area contributed by atoms with Gasteiger partial charge in [0.25, 0.3) is 0 Å². The normalized spacial score (nSPS) is 13.6. The molecule has 2 N–H and O–H groups in total. The second-order valence-electron chi connectivity index (χ2n) is 3.32. The van der Waals surface area contributed by atoms with Gasteiger partial charge < -0.3 is 10.5 Å². The molecule has 0 aromatic heterocycles. The van der Waals surface area contributed by atoms with Crippen LogP contribution in [0.1, 0.15) is 12.5 Å². The fraction of sp³-hybridized carbons (Fsp3) is 0.300. The number of halogens is 3. The molecular weight excluding hydrogens is 272 g/mol. The first-order valence-electron chi connectivity index (χ1n) is 4.22. The Kier molecular flexibility index (Phi) is 5.56. The first-order chi connectivity index (χ1) is 6.89. The maximum atomic E-state index is 11.4. The molecule has 0 saturated carbocycles. The van der Waals surface area contributed by atoms with E-state index < -0.39 is 11.5 Å². The quantitative estimate of drug-likeness (QED) is 0.850. The Morgan fingerprint density at radius 2 is 1.94 bits per heavy atom. The van der Waals surface area contributed by atoms with Gasteiger partial charge in [0.2, 0.25) is 0 Å². The van der Waals surface area contributed by atoms with Crippen molar-refractivity contribution in [2.45, 2.75) is 12.5 Å². The lowest BCUT2D eigenvalue weighted by molar-refractivity contribution is -0.146. The minimum atomic E-state index is -1.22. The van der Waals surface area contributed by atoms with Crippen molar-refractivity contribution in [2.75, 3.05) is 7.11 Å². The third-order valence-electron chi connectivity index (χ3n) is 2.13. The van der Waals surface area contributed by atoms with E-state index in [-0.39, 0.29) is 12.4 Å². The molecule has 0 aliphatic rings. The number of nitrogens with two attached hydrogens (primary N) is 1. The molecule has 6 heteroatoms. The Morgan fingerprint density at radius 1 is 1.38 bits per heavy atom. The topological polar surface area (TPSA) is 52.3 Å². The third-order valence-corrected chi connectivity index (χ3v) is 2.87. The molecule has 0 spiro atoms. The van der Waals surface area contributed by atoms with E-state index in [0.717, 1.165) is 0 Å². The van der Waals surface area contributed by atoms with Crippen LogP contribution in [0.5, 0.6) is 0 Å². The first kappa shape index (κ1) is 15.5.